The fourth-order valence-electron chi connectivity index (χ4n) is 0.183. The van der Waals surface area contributed by atoms with Gasteiger partial charge in [-0.2, -0.15) is 0 Å². The summed E-state index contributed by atoms with van der Waals surface area (Å²) in [5.74, 6) is 0. The molecule has 0 bridgehead atoms. The molecule has 0 aromatic carbocycles. The lowest BCUT2D eigenvalue weighted by Crippen LogP contribution is -2.22. The van der Waals surface area contributed by atoms with E-state index >= 15 is 0 Å². The number of nitrogens with zero attached hydrogens (tertiary/aromatic N) is 1. The van der Waals surface area contributed by atoms with Gasteiger partial charge in [-0.25, -0.2) is 0 Å². The number of hydrogen-bond donors (Lipinski definition) is 4. The zero-order valence-corrected chi connectivity index (χ0v) is 5.39. The van der Waals surface area contributed by atoms with E-state index in [2.05, 4.69) is 5.32 Å². The van der Waals surface area contributed by atoms with Crippen LogP contribution in [0.5, 0.6) is 0 Å². The molecule has 0 heterocycles. The molecule has 10 heavy (non-hydrogen) atoms. The minimum absolute atomic E-state index is 0.236. The van der Waals surface area contributed by atoms with Gasteiger partial charge < -0.3 is 20.7 Å². The summed E-state index contributed by atoms with van der Waals surface area (Å²) < 4.78 is 0. The van der Waals surface area contributed by atoms with Gasteiger partial charge in [-0.1, -0.05) is 0 Å². The van der Waals surface area contributed by atoms with Gasteiger partial charge in [0.15, 0.2) is 6.29 Å². The lowest BCUT2D eigenvalue weighted by molar-refractivity contribution is -0.742. The van der Waals surface area contributed by atoms with Crippen LogP contribution >= 0.6 is 0 Å². The average Bonchev–Trinajstić information content (AvgIpc) is 1.62. The van der Waals surface area contributed by atoms with Crippen molar-refractivity contribution >= 4 is 0 Å². The summed E-state index contributed by atoms with van der Waals surface area (Å²) >= 11 is 0. The van der Waals surface area contributed by atoms with E-state index < -0.39 is 11.4 Å². The third-order valence-corrected chi connectivity index (χ3v) is 0.387. The molecule has 0 saturated carbocycles. The van der Waals surface area contributed by atoms with Crippen molar-refractivity contribution < 1.29 is 20.5 Å². The molecule has 7 heteroatoms. The lowest BCUT2D eigenvalue weighted by atomic mass is 10.6. The van der Waals surface area contributed by atoms with Gasteiger partial charge in [0.05, 0.1) is 0 Å². The molecule has 0 aliphatic heterocycles. The van der Waals surface area contributed by atoms with Crippen LogP contribution in [0.3, 0.4) is 0 Å². The third kappa shape index (κ3) is 60.5. The second-order valence-electron chi connectivity index (χ2n) is 1.28. The summed E-state index contributed by atoms with van der Waals surface area (Å²) in [5.41, 5.74) is 0. The Morgan fingerprint density at radius 3 is 2.00 bits per heavy atom. The highest BCUT2D eigenvalue weighted by Gasteiger charge is 1.88. The van der Waals surface area contributed by atoms with Crippen LogP contribution in [0.25, 0.3) is 0 Å². The molecular formula is C3H10N2O5. The highest BCUT2D eigenvalue weighted by atomic mass is 16.9. The van der Waals surface area contributed by atoms with Crippen molar-refractivity contribution in [2.45, 2.75) is 6.29 Å². The van der Waals surface area contributed by atoms with Crippen LogP contribution in [0.4, 0.5) is 0 Å². The van der Waals surface area contributed by atoms with Gasteiger partial charge in [0, 0.05) is 6.54 Å². The van der Waals surface area contributed by atoms with Crippen molar-refractivity contribution in [3.05, 3.63) is 10.1 Å². The van der Waals surface area contributed by atoms with Crippen LogP contribution < -0.4 is 5.32 Å². The molecule has 0 rings (SSSR count). The second kappa shape index (κ2) is 8.08. The molecular weight excluding hydrogens is 144 g/mol. The topological polar surface area (TPSA) is 116 Å². The Kier molecular flexibility index (Phi) is 9.56. The predicted molar refractivity (Wildman–Crippen MR) is 30.9 cm³/mol. The lowest BCUT2D eigenvalue weighted by Gasteiger charge is -1.97. The fourth-order valence-corrected chi connectivity index (χ4v) is 0.183. The van der Waals surface area contributed by atoms with Crippen LogP contribution in [0.1, 0.15) is 0 Å². The van der Waals surface area contributed by atoms with E-state index in [1.54, 1.807) is 7.05 Å². The summed E-state index contributed by atoms with van der Waals surface area (Å²) in [7, 11) is 1.65. The van der Waals surface area contributed by atoms with Gasteiger partial charge in [0.25, 0.3) is 5.09 Å². The zero-order chi connectivity index (χ0) is 8.57. The molecule has 0 fully saturated rings. The summed E-state index contributed by atoms with van der Waals surface area (Å²) in [4.78, 5) is 8.36. The number of aliphatic hydroxyl groups is 2. The summed E-state index contributed by atoms with van der Waals surface area (Å²) in [6.07, 6.45) is -1.21. The third-order valence-electron chi connectivity index (χ3n) is 0.387. The first kappa shape index (κ1) is 11.8. The van der Waals surface area contributed by atoms with Crippen LogP contribution in [0, 0.1) is 10.1 Å². The van der Waals surface area contributed by atoms with Crippen molar-refractivity contribution in [2.75, 3.05) is 13.6 Å². The maximum absolute atomic E-state index is 8.36. The maximum Gasteiger partial charge on any atom is 0.291 e. The second-order valence-corrected chi connectivity index (χ2v) is 1.28. The Morgan fingerprint density at radius 1 is 1.70 bits per heavy atom. The quantitative estimate of drug-likeness (QED) is 0.211. The SMILES string of the molecule is CNCC(O)O.O=[N+]([O-])O. The van der Waals surface area contributed by atoms with Crippen LogP contribution in [0.2, 0.25) is 0 Å². The number of hydrogen-bond acceptors (Lipinski definition) is 5. The molecule has 4 N–H and O–H groups in total. The number of nitrogens with one attached hydrogen (secondary N) is 1. The first-order valence-corrected chi connectivity index (χ1v) is 2.34. The first-order chi connectivity index (χ1) is 4.50. The fraction of sp³-hybridized carbons (Fsp3) is 1.00. The van der Waals surface area contributed by atoms with Crippen molar-refractivity contribution in [3.8, 4) is 0 Å². The van der Waals surface area contributed by atoms with Crippen molar-refractivity contribution in [1.82, 2.24) is 5.32 Å². The van der Waals surface area contributed by atoms with E-state index in [0.717, 1.165) is 0 Å². The molecule has 0 radical (unpaired) electrons. The number of likely N-dealkylation sites (N-methyl/N-ethyl adjacent to an activating group) is 1. The molecule has 0 unspecified atom stereocenters. The Labute approximate surface area is 57.0 Å². The highest BCUT2D eigenvalue weighted by Crippen LogP contribution is 1.63. The molecule has 0 aliphatic rings. The monoisotopic (exact) mass is 154 g/mol. The van der Waals surface area contributed by atoms with Gasteiger partial charge in [0.2, 0.25) is 0 Å². The minimum Gasteiger partial charge on any atom is -0.367 e. The molecule has 0 aromatic rings. The normalized spacial score (nSPS) is 8.40. The molecule has 0 aromatic heterocycles. The van der Waals surface area contributed by atoms with Gasteiger partial charge in [-0.05, 0) is 7.05 Å². The first-order valence-electron chi connectivity index (χ1n) is 2.34. The van der Waals surface area contributed by atoms with Gasteiger partial charge in [0.1, 0.15) is 0 Å². The van der Waals surface area contributed by atoms with E-state index in [-0.39, 0.29) is 6.54 Å². The van der Waals surface area contributed by atoms with Gasteiger partial charge in [-0.15, -0.1) is 10.1 Å². The maximum atomic E-state index is 8.36. The highest BCUT2D eigenvalue weighted by molar-refractivity contribution is 4.35. The van der Waals surface area contributed by atoms with Crippen molar-refractivity contribution in [2.24, 2.45) is 0 Å². The van der Waals surface area contributed by atoms with E-state index in [9.17, 15) is 0 Å². The Bertz CT molecular complexity index is 81.0. The van der Waals surface area contributed by atoms with Gasteiger partial charge in [-0.3, -0.25) is 0 Å². The summed E-state index contributed by atoms with van der Waals surface area (Å²) in [6, 6.07) is 0. The van der Waals surface area contributed by atoms with Crippen LogP contribution in [-0.2, 0) is 0 Å². The summed E-state index contributed by atoms with van der Waals surface area (Å²) in [5, 5.41) is 32.3. The van der Waals surface area contributed by atoms with Crippen LogP contribution in [-0.4, -0.2) is 40.4 Å². The van der Waals surface area contributed by atoms with Crippen molar-refractivity contribution in [1.29, 1.82) is 0 Å². The predicted octanol–water partition coefficient (Wildman–Crippen LogP) is -1.83. The Balaban J connectivity index is 0. The molecule has 0 amide bonds. The zero-order valence-electron chi connectivity index (χ0n) is 5.39. The molecule has 0 saturated heterocycles. The number of aliphatic hydroxyl groups excluding tert-OH is 1. The molecule has 0 spiro atoms. The van der Waals surface area contributed by atoms with Crippen molar-refractivity contribution in [3.63, 3.8) is 0 Å². The van der Waals surface area contributed by atoms with Crippen LogP contribution in [0.15, 0.2) is 0 Å². The molecule has 0 atom stereocenters. The molecule has 0 aliphatic carbocycles. The largest absolute Gasteiger partial charge is 0.367 e. The smallest absolute Gasteiger partial charge is 0.291 e. The minimum atomic E-state index is -1.50. The van der Waals surface area contributed by atoms with E-state index in [1.807, 2.05) is 0 Å². The average molecular weight is 154 g/mol. The van der Waals surface area contributed by atoms with Gasteiger partial charge >= 0.3 is 0 Å². The molecule has 7 nitrogen and oxygen atoms in total. The van der Waals surface area contributed by atoms with E-state index in [1.165, 1.54) is 0 Å². The standard InChI is InChI=1S/C3H9NO2.HNO3/c1-4-2-3(5)6;2-1(3)4/h3-6H,2H2,1H3;(H,2,3,4). The molecule has 62 valence electrons. The van der Waals surface area contributed by atoms with E-state index in [0.29, 0.717) is 0 Å². The Hall–Kier alpha value is -0.920. The Morgan fingerprint density at radius 2 is 2.00 bits per heavy atom. The van der Waals surface area contributed by atoms with E-state index in [4.69, 9.17) is 25.5 Å². The summed E-state index contributed by atoms with van der Waals surface area (Å²) in [6.45, 7) is 0.236. The number of rotatable bonds is 2.